The van der Waals surface area contributed by atoms with E-state index in [2.05, 4.69) is 20.9 Å². The Morgan fingerprint density at radius 1 is 1.07 bits per heavy atom. The van der Waals surface area contributed by atoms with Crippen LogP contribution in [-0.2, 0) is 17.8 Å². The van der Waals surface area contributed by atoms with Gasteiger partial charge in [-0.05, 0) is 42.7 Å². The molecule has 6 heteroatoms. The van der Waals surface area contributed by atoms with E-state index in [0.717, 1.165) is 17.8 Å². The molecule has 0 fully saturated rings. The average molecular weight is 384 g/mol. The molecule has 150 valence electrons. The number of rotatable bonds is 8. The third kappa shape index (κ3) is 7.02. The summed E-state index contributed by atoms with van der Waals surface area (Å²) in [6, 6.07) is 14.4. The van der Waals surface area contributed by atoms with Crippen molar-refractivity contribution in [2.45, 2.75) is 33.7 Å². The molecule has 0 bridgehead atoms. The van der Waals surface area contributed by atoms with Crippen molar-refractivity contribution < 1.29 is 9.18 Å². The molecule has 0 spiro atoms. The molecule has 0 aliphatic carbocycles. The van der Waals surface area contributed by atoms with E-state index >= 15 is 0 Å². The highest BCUT2D eigenvalue weighted by Crippen LogP contribution is 2.12. The number of hydrogen-bond donors (Lipinski definition) is 3. The monoisotopic (exact) mass is 384 g/mol. The van der Waals surface area contributed by atoms with Crippen LogP contribution in [0, 0.1) is 11.7 Å². The number of halogens is 1. The maximum Gasteiger partial charge on any atom is 0.226 e. The summed E-state index contributed by atoms with van der Waals surface area (Å²) in [5, 5.41) is 9.30. The van der Waals surface area contributed by atoms with Crippen LogP contribution in [0.1, 0.15) is 31.9 Å². The second-order valence-electron chi connectivity index (χ2n) is 6.80. The Bertz CT molecular complexity index is 787. The van der Waals surface area contributed by atoms with Crippen molar-refractivity contribution in [1.29, 1.82) is 0 Å². The SMILES string of the molecule is CCNC(=NCc1ccc(NC(=O)C(C)C)cc1)NCCc1ccccc1F. The van der Waals surface area contributed by atoms with E-state index in [4.69, 9.17) is 0 Å². The lowest BCUT2D eigenvalue weighted by Gasteiger charge is -2.12. The smallest absolute Gasteiger partial charge is 0.226 e. The number of carbonyl (C=O) groups is 1. The van der Waals surface area contributed by atoms with Crippen molar-refractivity contribution in [2.24, 2.45) is 10.9 Å². The van der Waals surface area contributed by atoms with Gasteiger partial charge in [0.15, 0.2) is 5.96 Å². The van der Waals surface area contributed by atoms with E-state index in [9.17, 15) is 9.18 Å². The summed E-state index contributed by atoms with van der Waals surface area (Å²) >= 11 is 0. The van der Waals surface area contributed by atoms with Gasteiger partial charge in [0.2, 0.25) is 5.91 Å². The van der Waals surface area contributed by atoms with Gasteiger partial charge < -0.3 is 16.0 Å². The lowest BCUT2D eigenvalue weighted by atomic mass is 10.1. The number of anilines is 1. The summed E-state index contributed by atoms with van der Waals surface area (Å²) < 4.78 is 13.7. The second kappa shape index (κ2) is 11.1. The van der Waals surface area contributed by atoms with Gasteiger partial charge in [-0.25, -0.2) is 9.38 Å². The standard InChI is InChI=1S/C22H29FN4O/c1-4-24-22(25-14-13-18-7-5-6-8-20(18)23)26-15-17-9-11-19(12-10-17)27-21(28)16(2)3/h5-12,16H,4,13-15H2,1-3H3,(H,27,28)(H2,24,25,26). The third-order valence-electron chi connectivity index (χ3n) is 4.15. The molecule has 2 aromatic carbocycles. The Balaban J connectivity index is 1.89. The Labute approximate surface area is 166 Å². The first kappa shape index (κ1) is 21.4. The van der Waals surface area contributed by atoms with E-state index < -0.39 is 0 Å². The molecule has 0 aliphatic rings. The average Bonchev–Trinajstić information content (AvgIpc) is 2.68. The number of guanidine groups is 1. The van der Waals surface area contributed by atoms with Crippen LogP contribution in [0.5, 0.6) is 0 Å². The van der Waals surface area contributed by atoms with E-state index in [1.54, 1.807) is 12.1 Å². The molecule has 0 atom stereocenters. The van der Waals surface area contributed by atoms with Crippen LogP contribution in [-0.4, -0.2) is 25.0 Å². The Morgan fingerprint density at radius 3 is 2.43 bits per heavy atom. The van der Waals surface area contributed by atoms with E-state index in [1.165, 1.54) is 6.07 Å². The summed E-state index contributed by atoms with van der Waals surface area (Å²) in [6.07, 6.45) is 0.585. The first-order valence-electron chi connectivity index (χ1n) is 9.65. The minimum Gasteiger partial charge on any atom is -0.357 e. The van der Waals surface area contributed by atoms with Crippen molar-refractivity contribution in [1.82, 2.24) is 10.6 Å². The maximum atomic E-state index is 13.7. The minimum atomic E-state index is -0.184. The fourth-order valence-electron chi connectivity index (χ4n) is 2.51. The van der Waals surface area contributed by atoms with Gasteiger partial charge in [0.25, 0.3) is 0 Å². The second-order valence-corrected chi connectivity index (χ2v) is 6.80. The molecule has 0 saturated carbocycles. The molecule has 2 rings (SSSR count). The van der Waals surface area contributed by atoms with Gasteiger partial charge in [0, 0.05) is 24.7 Å². The molecule has 0 saturated heterocycles. The predicted octanol–water partition coefficient (Wildman–Crippen LogP) is 3.72. The Hall–Kier alpha value is -2.89. The number of carbonyl (C=O) groups excluding carboxylic acids is 1. The molecule has 5 nitrogen and oxygen atoms in total. The summed E-state index contributed by atoms with van der Waals surface area (Å²) in [5.74, 6) is 0.452. The molecule has 1 amide bonds. The predicted molar refractivity (Wildman–Crippen MR) is 113 cm³/mol. The van der Waals surface area contributed by atoms with Crippen LogP contribution in [0.15, 0.2) is 53.5 Å². The zero-order valence-electron chi connectivity index (χ0n) is 16.8. The highest BCUT2D eigenvalue weighted by Gasteiger charge is 2.07. The minimum absolute atomic E-state index is 0.000689. The largest absolute Gasteiger partial charge is 0.357 e. The van der Waals surface area contributed by atoms with Crippen molar-refractivity contribution in [3.63, 3.8) is 0 Å². The van der Waals surface area contributed by atoms with Gasteiger partial charge in [0.1, 0.15) is 5.82 Å². The van der Waals surface area contributed by atoms with Gasteiger partial charge in [0.05, 0.1) is 6.54 Å². The highest BCUT2D eigenvalue weighted by atomic mass is 19.1. The van der Waals surface area contributed by atoms with Crippen LogP contribution >= 0.6 is 0 Å². The van der Waals surface area contributed by atoms with Gasteiger partial charge in [-0.2, -0.15) is 0 Å². The zero-order valence-corrected chi connectivity index (χ0v) is 16.8. The molecule has 0 unspecified atom stereocenters. The molecule has 0 heterocycles. The molecule has 3 N–H and O–H groups in total. The van der Waals surface area contributed by atoms with Crippen LogP contribution in [0.4, 0.5) is 10.1 Å². The molecular formula is C22H29FN4O. The Morgan fingerprint density at radius 2 is 1.79 bits per heavy atom. The number of nitrogens with zero attached hydrogens (tertiary/aromatic N) is 1. The van der Waals surface area contributed by atoms with Crippen LogP contribution in [0.25, 0.3) is 0 Å². The van der Waals surface area contributed by atoms with E-state index in [0.29, 0.717) is 31.0 Å². The molecule has 28 heavy (non-hydrogen) atoms. The van der Waals surface area contributed by atoms with Gasteiger partial charge in [-0.3, -0.25) is 4.79 Å². The van der Waals surface area contributed by atoms with Crippen LogP contribution in [0.2, 0.25) is 0 Å². The van der Waals surface area contributed by atoms with E-state index in [1.807, 2.05) is 51.1 Å². The number of aliphatic imine (C=N–C) groups is 1. The Kier molecular flexibility index (Phi) is 8.46. The van der Waals surface area contributed by atoms with Crippen LogP contribution < -0.4 is 16.0 Å². The van der Waals surface area contributed by atoms with E-state index in [-0.39, 0.29) is 17.6 Å². The fraction of sp³-hybridized carbons (Fsp3) is 0.364. The third-order valence-corrected chi connectivity index (χ3v) is 4.15. The maximum absolute atomic E-state index is 13.7. The first-order valence-corrected chi connectivity index (χ1v) is 9.65. The van der Waals surface area contributed by atoms with Crippen molar-refractivity contribution in [3.8, 4) is 0 Å². The fourth-order valence-corrected chi connectivity index (χ4v) is 2.51. The molecule has 0 radical (unpaired) electrons. The number of benzene rings is 2. The van der Waals surface area contributed by atoms with Crippen molar-refractivity contribution in [2.75, 3.05) is 18.4 Å². The number of nitrogens with one attached hydrogen (secondary N) is 3. The lowest BCUT2D eigenvalue weighted by molar-refractivity contribution is -0.118. The topological polar surface area (TPSA) is 65.5 Å². The van der Waals surface area contributed by atoms with Gasteiger partial charge in [-0.1, -0.05) is 44.2 Å². The van der Waals surface area contributed by atoms with Crippen molar-refractivity contribution in [3.05, 3.63) is 65.5 Å². The van der Waals surface area contributed by atoms with Crippen LogP contribution in [0.3, 0.4) is 0 Å². The zero-order chi connectivity index (χ0) is 20.4. The molecular weight excluding hydrogens is 355 g/mol. The number of amides is 1. The highest BCUT2D eigenvalue weighted by molar-refractivity contribution is 5.92. The first-order chi connectivity index (χ1) is 13.5. The normalized spacial score (nSPS) is 11.4. The summed E-state index contributed by atoms with van der Waals surface area (Å²) in [5.41, 5.74) is 2.50. The molecule has 2 aromatic rings. The van der Waals surface area contributed by atoms with Gasteiger partial charge >= 0.3 is 0 Å². The van der Waals surface area contributed by atoms with Crippen molar-refractivity contribution >= 4 is 17.6 Å². The molecule has 0 aromatic heterocycles. The quantitative estimate of drug-likeness (QED) is 0.480. The molecule has 0 aliphatic heterocycles. The summed E-state index contributed by atoms with van der Waals surface area (Å²) in [4.78, 5) is 16.3. The van der Waals surface area contributed by atoms with Gasteiger partial charge in [-0.15, -0.1) is 0 Å². The lowest BCUT2D eigenvalue weighted by Crippen LogP contribution is -2.38. The summed E-state index contributed by atoms with van der Waals surface area (Å²) in [7, 11) is 0. The summed E-state index contributed by atoms with van der Waals surface area (Å²) in [6.45, 7) is 7.56. The number of hydrogen-bond acceptors (Lipinski definition) is 2.